The van der Waals surface area contributed by atoms with Crippen LogP contribution in [0.3, 0.4) is 0 Å². The Morgan fingerprint density at radius 1 is 1.10 bits per heavy atom. The molecule has 3 aromatic rings. The van der Waals surface area contributed by atoms with Crippen molar-refractivity contribution >= 4 is 23.6 Å². The summed E-state index contributed by atoms with van der Waals surface area (Å²) in [6.07, 6.45) is 1.78. The van der Waals surface area contributed by atoms with Crippen LogP contribution in [0.25, 0.3) is 0 Å². The Kier molecular flexibility index (Phi) is 8.26. The summed E-state index contributed by atoms with van der Waals surface area (Å²) in [4.78, 5) is 28.9. The first-order valence-electron chi connectivity index (χ1n) is 9.82. The maximum Gasteiger partial charge on any atom is 0.329 e. The molecule has 8 heteroatoms. The molecule has 0 aliphatic heterocycles. The van der Waals surface area contributed by atoms with Crippen LogP contribution in [0.15, 0.2) is 71.3 Å². The maximum atomic E-state index is 12.6. The predicted octanol–water partition coefficient (Wildman–Crippen LogP) is 3.12. The normalized spacial score (nSPS) is 12.7. The predicted molar refractivity (Wildman–Crippen MR) is 119 cm³/mol. The number of esters is 1. The molecular formula is C23H25N3O4S. The van der Waals surface area contributed by atoms with E-state index in [0.717, 1.165) is 11.1 Å². The number of carbonyl (C=O) groups is 2. The Morgan fingerprint density at radius 2 is 1.74 bits per heavy atom. The first-order chi connectivity index (χ1) is 15.1. The summed E-state index contributed by atoms with van der Waals surface area (Å²) in [6.45, 7) is 0. The SMILES string of the molecule is COC(=O)C(CSCc1ccccc1)NC(=O)c1coc(C(N)Cc2ccccc2)n1. The Bertz CT molecular complexity index is 979. The van der Waals surface area contributed by atoms with Crippen molar-refractivity contribution in [1.82, 2.24) is 10.3 Å². The van der Waals surface area contributed by atoms with Crippen molar-refractivity contribution in [2.75, 3.05) is 12.9 Å². The van der Waals surface area contributed by atoms with E-state index in [-0.39, 0.29) is 11.6 Å². The van der Waals surface area contributed by atoms with Gasteiger partial charge in [-0.05, 0) is 17.5 Å². The van der Waals surface area contributed by atoms with Gasteiger partial charge in [0.1, 0.15) is 12.3 Å². The molecule has 0 bridgehead atoms. The van der Waals surface area contributed by atoms with Crippen molar-refractivity contribution in [2.24, 2.45) is 5.73 Å². The molecule has 0 saturated heterocycles. The lowest BCUT2D eigenvalue weighted by molar-refractivity contribution is -0.142. The molecule has 1 amide bonds. The van der Waals surface area contributed by atoms with Gasteiger partial charge in [0, 0.05) is 11.5 Å². The van der Waals surface area contributed by atoms with Gasteiger partial charge in [0.25, 0.3) is 5.91 Å². The third kappa shape index (κ3) is 6.70. The zero-order valence-corrected chi connectivity index (χ0v) is 18.0. The van der Waals surface area contributed by atoms with Crippen molar-refractivity contribution in [3.63, 3.8) is 0 Å². The number of oxazole rings is 1. The Morgan fingerprint density at radius 3 is 2.39 bits per heavy atom. The number of hydrogen-bond donors (Lipinski definition) is 2. The van der Waals surface area contributed by atoms with Gasteiger partial charge in [-0.15, -0.1) is 0 Å². The second kappa shape index (κ2) is 11.3. The van der Waals surface area contributed by atoms with Gasteiger partial charge in [0.15, 0.2) is 5.69 Å². The number of aromatic nitrogens is 1. The van der Waals surface area contributed by atoms with Gasteiger partial charge >= 0.3 is 5.97 Å². The lowest BCUT2D eigenvalue weighted by Gasteiger charge is -2.15. The summed E-state index contributed by atoms with van der Waals surface area (Å²) in [5.74, 6) is 0.316. The smallest absolute Gasteiger partial charge is 0.329 e. The van der Waals surface area contributed by atoms with Crippen molar-refractivity contribution < 1.29 is 18.7 Å². The molecule has 3 rings (SSSR count). The highest BCUT2D eigenvalue weighted by molar-refractivity contribution is 7.98. The average Bonchev–Trinajstić information content (AvgIpc) is 3.30. The second-order valence-electron chi connectivity index (χ2n) is 6.92. The number of methoxy groups -OCH3 is 1. The van der Waals surface area contributed by atoms with E-state index < -0.39 is 24.0 Å². The van der Waals surface area contributed by atoms with Gasteiger partial charge in [-0.2, -0.15) is 11.8 Å². The van der Waals surface area contributed by atoms with Crippen molar-refractivity contribution in [2.45, 2.75) is 24.3 Å². The first kappa shape index (κ1) is 22.6. The van der Waals surface area contributed by atoms with Gasteiger partial charge in [0.2, 0.25) is 5.89 Å². The third-order valence-electron chi connectivity index (χ3n) is 4.56. The molecule has 0 aliphatic rings. The van der Waals surface area contributed by atoms with E-state index in [0.29, 0.717) is 17.9 Å². The highest BCUT2D eigenvalue weighted by Crippen LogP contribution is 2.17. The van der Waals surface area contributed by atoms with Crippen LogP contribution in [0.2, 0.25) is 0 Å². The number of amides is 1. The van der Waals surface area contributed by atoms with Gasteiger partial charge in [0.05, 0.1) is 13.2 Å². The molecule has 2 atom stereocenters. The molecule has 2 aromatic carbocycles. The quantitative estimate of drug-likeness (QED) is 0.467. The van der Waals surface area contributed by atoms with E-state index in [1.54, 1.807) is 0 Å². The number of rotatable bonds is 10. The molecule has 0 radical (unpaired) electrons. The summed E-state index contributed by atoms with van der Waals surface area (Å²) in [5.41, 5.74) is 8.41. The molecule has 3 N–H and O–H groups in total. The fraction of sp³-hybridized carbons (Fsp3) is 0.261. The summed E-state index contributed by atoms with van der Waals surface area (Å²) in [7, 11) is 1.29. The summed E-state index contributed by atoms with van der Waals surface area (Å²) in [5, 5.41) is 2.67. The zero-order valence-electron chi connectivity index (χ0n) is 17.2. The molecule has 0 saturated carbocycles. The summed E-state index contributed by atoms with van der Waals surface area (Å²) >= 11 is 1.53. The van der Waals surface area contributed by atoms with E-state index >= 15 is 0 Å². The highest BCUT2D eigenvalue weighted by Gasteiger charge is 2.24. The third-order valence-corrected chi connectivity index (χ3v) is 5.66. The fourth-order valence-corrected chi connectivity index (χ4v) is 3.93. The van der Waals surface area contributed by atoms with Gasteiger partial charge in [-0.1, -0.05) is 60.7 Å². The summed E-state index contributed by atoms with van der Waals surface area (Å²) in [6, 6.07) is 18.3. The molecule has 162 valence electrons. The number of nitrogens with two attached hydrogens (primary N) is 1. The lowest BCUT2D eigenvalue weighted by atomic mass is 10.1. The largest absolute Gasteiger partial charge is 0.467 e. The number of benzene rings is 2. The molecule has 0 aliphatic carbocycles. The van der Waals surface area contributed by atoms with Gasteiger partial charge in [-0.25, -0.2) is 9.78 Å². The molecule has 1 heterocycles. The van der Waals surface area contributed by atoms with E-state index in [2.05, 4.69) is 10.3 Å². The molecule has 2 unspecified atom stereocenters. The van der Waals surface area contributed by atoms with E-state index in [9.17, 15) is 9.59 Å². The summed E-state index contributed by atoms with van der Waals surface area (Å²) < 4.78 is 10.2. The minimum atomic E-state index is -0.802. The molecule has 0 fully saturated rings. The molecule has 1 aromatic heterocycles. The standard InChI is InChI=1S/C23H25N3O4S/c1-29-23(28)20(15-31-14-17-10-6-3-7-11-17)25-21(27)19-13-30-22(26-19)18(24)12-16-8-4-2-5-9-16/h2-11,13,18,20H,12,14-15,24H2,1H3,(H,25,27). The van der Waals surface area contributed by atoms with Crippen LogP contribution in [-0.2, 0) is 21.7 Å². The van der Waals surface area contributed by atoms with Crippen LogP contribution in [0, 0.1) is 0 Å². The van der Waals surface area contributed by atoms with Gasteiger partial charge in [-0.3, -0.25) is 4.79 Å². The zero-order chi connectivity index (χ0) is 22.1. The van der Waals surface area contributed by atoms with Crippen LogP contribution >= 0.6 is 11.8 Å². The number of nitrogens with zero attached hydrogens (tertiary/aromatic N) is 1. The van der Waals surface area contributed by atoms with Crippen LogP contribution in [0.5, 0.6) is 0 Å². The Labute approximate surface area is 185 Å². The van der Waals surface area contributed by atoms with Crippen LogP contribution in [0.1, 0.15) is 33.5 Å². The van der Waals surface area contributed by atoms with Crippen LogP contribution < -0.4 is 11.1 Å². The fourth-order valence-electron chi connectivity index (χ4n) is 2.93. The number of nitrogens with one attached hydrogen (secondary N) is 1. The number of carbonyl (C=O) groups excluding carboxylic acids is 2. The molecule has 31 heavy (non-hydrogen) atoms. The van der Waals surface area contributed by atoms with Gasteiger partial charge < -0.3 is 20.2 Å². The Balaban J connectivity index is 1.57. The number of hydrogen-bond acceptors (Lipinski definition) is 7. The average molecular weight is 440 g/mol. The topological polar surface area (TPSA) is 107 Å². The Hall–Kier alpha value is -3.10. The second-order valence-corrected chi connectivity index (χ2v) is 7.95. The lowest BCUT2D eigenvalue weighted by Crippen LogP contribution is -2.43. The molecule has 7 nitrogen and oxygen atoms in total. The minimum Gasteiger partial charge on any atom is -0.467 e. The monoisotopic (exact) mass is 439 g/mol. The van der Waals surface area contributed by atoms with E-state index in [1.165, 1.54) is 25.1 Å². The maximum absolute atomic E-state index is 12.6. The minimum absolute atomic E-state index is 0.0699. The molecule has 0 spiro atoms. The highest BCUT2D eigenvalue weighted by atomic mass is 32.2. The van der Waals surface area contributed by atoms with E-state index in [4.69, 9.17) is 14.9 Å². The van der Waals surface area contributed by atoms with Crippen LogP contribution in [-0.4, -0.2) is 35.8 Å². The first-order valence-corrected chi connectivity index (χ1v) is 11.0. The van der Waals surface area contributed by atoms with Crippen molar-refractivity contribution in [3.05, 3.63) is 89.6 Å². The number of thioether (sulfide) groups is 1. The van der Waals surface area contributed by atoms with Crippen LogP contribution in [0.4, 0.5) is 0 Å². The molecular weight excluding hydrogens is 414 g/mol. The van der Waals surface area contributed by atoms with E-state index in [1.807, 2.05) is 60.7 Å². The van der Waals surface area contributed by atoms with Crippen molar-refractivity contribution in [1.29, 1.82) is 0 Å². The van der Waals surface area contributed by atoms with Crippen molar-refractivity contribution in [3.8, 4) is 0 Å². The number of ether oxygens (including phenoxy) is 1.